The van der Waals surface area contributed by atoms with Crippen LogP contribution in [-0.2, 0) is 6.42 Å². The Bertz CT molecular complexity index is 746. The van der Waals surface area contributed by atoms with Gasteiger partial charge in [-0.1, -0.05) is 25.1 Å². The standard InChI is InChI=1S/C19H24N4O2/c1-2-13-5-3-4-6-16(13)19(25)22-9-14-7-17(23-12-20-11-21-23)18(24)8-15(14)10-22/h3-6,11-12,14-15,17-18,24H,2,7-10H2,1H3/t14-,15+,17-,18-/m1/s1. The number of carbonyl (C=O) groups excluding carboxylic acids is 1. The molecule has 2 aromatic rings. The molecule has 132 valence electrons. The topological polar surface area (TPSA) is 71.2 Å². The van der Waals surface area contributed by atoms with Crippen molar-refractivity contribution in [2.75, 3.05) is 13.1 Å². The van der Waals surface area contributed by atoms with Gasteiger partial charge in [0.1, 0.15) is 12.7 Å². The van der Waals surface area contributed by atoms with Crippen LogP contribution in [0.2, 0.25) is 0 Å². The van der Waals surface area contributed by atoms with Gasteiger partial charge < -0.3 is 10.0 Å². The number of amides is 1. The molecule has 1 N–H and O–H groups in total. The molecule has 1 aliphatic heterocycles. The molecule has 4 rings (SSSR count). The Balaban J connectivity index is 1.50. The molecule has 1 amide bonds. The lowest BCUT2D eigenvalue weighted by molar-refractivity contribution is 0.0304. The van der Waals surface area contributed by atoms with Crippen LogP contribution in [0.5, 0.6) is 0 Å². The molecule has 1 saturated heterocycles. The number of aliphatic hydroxyl groups is 1. The summed E-state index contributed by atoms with van der Waals surface area (Å²) in [7, 11) is 0. The molecule has 2 aliphatic rings. The Kier molecular flexibility index (Phi) is 4.29. The van der Waals surface area contributed by atoms with Crippen LogP contribution >= 0.6 is 0 Å². The van der Waals surface area contributed by atoms with Crippen LogP contribution in [0, 0.1) is 11.8 Å². The van der Waals surface area contributed by atoms with Gasteiger partial charge in [0.25, 0.3) is 5.91 Å². The van der Waals surface area contributed by atoms with Crippen molar-refractivity contribution >= 4 is 5.91 Å². The molecule has 2 heterocycles. The monoisotopic (exact) mass is 340 g/mol. The second kappa shape index (κ2) is 6.59. The zero-order valence-corrected chi connectivity index (χ0v) is 14.5. The minimum atomic E-state index is -0.430. The third kappa shape index (κ3) is 2.95. The van der Waals surface area contributed by atoms with E-state index in [1.807, 2.05) is 29.2 Å². The fraction of sp³-hybridized carbons (Fsp3) is 0.526. The molecule has 6 heteroatoms. The van der Waals surface area contributed by atoms with Crippen LogP contribution in [0.1, 0.15) is 41.7 Å². The van der Waals surface area contributed by atoms with E-state index in [0.29, 0.717) is 18.3 Å². The molecular formula is C19H24N4O2. The molecule has 1 aliphatic carbocycles. The number of aliphatic hydroxyl groups excluding tert-OH is 1. The van der Waals surface area contributed by atoms with Crippen LogP contribution in [0.25, 0.3) is 0 Å². The number of carbonyl (C=O) groups is 1. The molecule has 1 saturated carbocycles. The van der Waals surface area contributed by atoms with Gasteiger partial charge in [-0.05, 0) is 42.7 Å². The average Bonchev–Trinajstić information content (AvgIpc) is 3.29. The summed E-state index contributed by atoms with van der Waals surface area (Å²) in [5.74, 6) is 0.904. The van der Waals surface area contributed by atoms with Crippen LogP contribution < -0.4 is 0 Å². The Morgan fingerprint density at radius 1 is 1.24 bits per heavy atom. The number of likely N-dealkylation sites (tertiary alicyclic amines) is 1. The van der Waals surface area contributed by atoms with E-state index < -0.39 is 6.10 Å². The number of fused-ring (bicyclic) bond motifs is 1. The number of hydrogen-bond donors (Lipinski definition) is 1. The van der Waals surface area contributed by atoms with Crippen molar-refractivity contribution in [3.05, 3.63) is 48.0 Å². The quantitative estimate of drug-likeness (QED) is 0.927. The van der Waals surface area contributed by atoms with Gasteiger partial charge >= 0.3 is 0 Å². The highest BCUT2D eigenvalue weighted by Gasteiger charge is 2.44. The van der Waals surface area contributed by atoms with E-state index in [0.717, 1.165) is 37.1 Å². The van der Waals surface area contributed by atoms with E-state index in [1.54, 1.807) is 11.0 Å². The maximum atomic E-state index is 13.0. The summed E-state index contributed by atoms with van der Waals surface area (Å²) in [6.07, 6.45) is 5.16. The lowest BCUT2D eigenvalue weighted by atomic mass is 9.77. The Labute approximate surface area is 147 Å². The molecule has 2 fully saturated rings. The first kappa shape index (κ1) is 16.3. The third-order valence-electron chi connectivity index (χ3n) is 5.80. The van der Waals surface area contributed by atoms with Gasteiger partial charge in [0.15, 0.2) is 0 Å². The molecule has 0 spiro atoms. The summed E-state index contributed by atoms with van der Waals surface area (Å²) in [5.41, 5.74) is 1.92. The number of benzene rings is 1. The van der Waals surface area contributed by atoms with Crippen LogP contribution in [0.4, 0.5) is 0 Å². The zero-order chi connectivity index (χ0) is 17.4. The number of hydrogen-bond acceptors (Lipinski definition) is 4. The van der Waals surface area contributed by atoms with Gasteiger partial charge in [-0.25, -0.2) is 9.67 Å². The third-order valence-corrected chi connectivity index (χ3v) is 5.80. The Hall–Kier alpha value is -2.21. The van der Waals surface area contributed by atoms with Crippen LogP contribution in [0.15, 0.2) is 36.9 Å². The molecule has 0 unspecified atom stereocenters. The highest BCUT2D eigenvalue weighted by molar-refractivity contribution is 5.95. The minimum absolute atomic E-state index is 0.0401. The normalized spacial score (nSPS) is 28.8. The van der Waals surface area contributed by atoms with E-state index in [2.05, 4.69) is 17.0 Å². The fourth-order valence-electron chi connectivity index (χ4n) is 4.45. The lowest BCUT2D eigenvalue weighted by Crippen LogP contribution is -2.36. The van der Waals surface area contributed by atoms with Gasteiger partial charge in [-0.3, -0.25) is 4.79 Å². The number of aryl methyl sites for hydroxylation is 1. The molecular weight excluding hydrogens is 316 g/mol. The van der Waals surface area contributed by atoms with E-state index in [-0.39, 0.29) is 11.9 Å². The summed E-state index contributed by atoms with van der Waals surface area (Å²) < 4.78 is 1.76. The second-order valence-electron chi connectivity index (χ2n) is 7.22. The van der Waals surface area contributed by atoms with Gasteiger partial charge in [-0.15, -0.1) is 0 Å². The maximum Gasteiger partial charge on any atom is 0.254 e. The molecule has 6 nitrogen and oxygen atoms in total. The van der Waals surface area contributed by atoms with E-state index in [1.165, 1.54) is 6.33 Å². The molecule has 4 atom stereocenters. The van der Waals surface area contributed by atoms with Crippen molar-refractivity contribution in [1.82, 2.24) is 19.7 Å². The smallest absolute Gasteiger partial charge is 0.254 e. The molecule has 25 heavy (non-hydrogen) atoms. The van der Waals surface area contributed by atoms with Crippen LogP contribution in [-0.4, -0.2) is 49.9 Å². The van der Waals surface area contributed by atoms with Crippen LogP contribution in [0.3, 0.4) is 0 Å². The van der Waals surface area contributed by atoms with E-state index in [4.69, 9.17) is 0 Å². The predicted molar refractivity (Wildman–Crippen MR) is 93.0 cm³/mol. The Morgan fingerprint density at radius 2 is 2.00 bits per heavy atom. The SMILES string of the molecule is CCc1ccccc1C(=O)N1C[C@H]2C[C@@H](n3cncn3)[C@H](O)C[C@H]2C1. The predicted octanol–water partition coefficient (Wildman–Crippen LogP) is 1.92. The largest absolute Gasteiger partial charge is 0.391 e. The summed E-state index contributed by atoms with van der Waals surface area (Å²) in [6.45, 7) is 3.58. The van der Waals surface area contributed by atoms with Crippen molar-refractivity contribution in [2.45, 2.75) is 38.3 Å². The highest BCUT2D eigenvalue weighted by atomic mass is 16.3. The summed E-state index contributed by atoms with van der Waals surface area (Å²) in [6, 6.07) is 7.83. The highest BCUT2D eigenvalue weighted by Crippen LogP contribution is 2.41. The van der Waals surface area contributed by atoms with Crippen molar-refractivity contribution in [2.24, 2.45) is 11.8 Å². The maximum absolute atomic E-state index is 13.0. The van der Waals surface area contributed by atoms with Gasteiger partial charge in [0, 0.05) is 18.7 Å². The average molecular weight is 340 g/mol. The summed E-state index contributed by atoms with van der Waals surface area (Å²) in [4.78, 5) is 19.0. The second-order valence-corrected chi connectivity index (χ2v) is 7.22. The van der Waals surface area contributed by atoms with Crippen molar-refractivity contribution in [3.63, 3.8) is 0 Å². The zero-order valence-electron chi connectivity index (χ0n) is 14.5. The first-order chi connectivity index (χ1) is 12.2. The van der Waals surface area contributed by atoms with Gasteiger partial charge in [0.05, 0.1) is 12.1 Å². The van der Waals surface area contributed by atoms with Gasteiger partial charge in [-0.2, -0.15) is 5.10 Å². The Morgan fingerprint density at radius 3 is 2.72 bits per heavy atom. The van der Waals surface area contributed by atoms with E-state index >= 15 is 0 Å². The minimum Gasteiger partial charge on any atom is -0.391 e. The fourth-order valence-corrected chi connectivity index (χ4v) is 4.45. The summed E-state index contributed by atoms with van der Waals surface area (Å²) in [5, 5.41) is 14.7. The summed E-state index contributed by atoms with van der Waals surface area (Å²) >= 11 is 0. The van der Waals surface area contributed by atoms with Crippen molar-refractivity contribution < 1.29 is 9.90 Å². The lowest BCUT2D eigenvalue weighted by Gasteiger charge is -2.34. The number of nitrogens with zero attached hydrogens (tertiary/aromatic N) is 4. The van der Waals surface area contributed by atoms with Crippen molar-refractivity contribution in [3.8, 4) is 0 Å². The molecule has 1 aromatic carbocycles. The number of rotatable bonds is 3. The molecule has 0 bridgehead atoms. The van der Waals surface area contributed by atoms with Crippen molar-refractivity contribution in [1.29, 1.82) is 0 Å². The van der Waals surface area contributed by atoms with E-state index in [9.17, 15) is 9.90 Å². The molecule has 1 aromatic heterocycles. The first-order valence-electron chi connectivity index (χ1n) is 9.06. The molecule has 0 radical (unpaired) electrons. The first-order valence-corrected chi connectivity index (χ1v) is 9.06. The van der Waals surface area contributed by atoms with Gasteiger partial charge in [0.2, 0.25) is 0 Å². The number of aromatic nitrogens is 3.